The molecule has 1 N–H and O–H groups in total. The highest BCUT2D eigenvalue weighted by molar-refractivity contribution is 5.89. The second kappa shape index (κ2) is 4.76. The van der Waals surface area contributed by atoms with Gasteiger partial charge in [0, 0.05) is 6.54 Å². The summed E-state index contributed by atoms with van der Waals surface area (Å²) in [6.07, 6.45) is 11.1. The molecule has 0 bridgehead atoms. The van der Waals surface area contributed by atoms with Crippen LogP contribution in [0.1, 0.15) is 71.6 Å². The van der Waals surface area contributed by atoms with E-state index in [0.717, 1.165) is 25.8 Å². The Morgan fingerprint density at radius 2 is 1.89 bits per heavy atom. The molecule has 3 rings (SSSR count). The lowest BCUT2D eigenvalue weighted by Gasteiger charge is -2.28. The Morgan fingerprint density at radius 3 is 2.42 bits per heavy atom. The fourth-order valence-corrected chi connectivity index (χ4v) is 4.27. The Hall–Kier alpha value is -0.570. The molecule has 2 aliphatic carbocycles. The van der Waals surface area contributed by atoms with Gasteiger partial charge in [0.25, 0.3) is 0 Å². The minimum absolute atomic E-state index is 0.178. The third-order valence-electron chi connectivity index (χ3n) is 5.58. The highest BCUT2D eigenvalue weighted by Crippen LogP contribution is 2.51. The molecule has 1 spiro atoms. The van der Waals surface area contributed by atoms with Crippen molar-refractivity contribution in [3.63, 3.8) is 0 Å². The van der Waals surface area contributed by atoms with Crippen LogP contribution in [0.5, 0.6) is 0 Å². The molecule has 1 heterocycles. The van der Waals surface area contributed by atoms with Crippen molar-refractivity contribution in [1.82, 2.24) is 10.2 Å². The molecule has 0 aromatic heterocycles. The maximum Gasteiger partial charge on any atom is 0.244 e. The summed E-state index contributed by atoms with van der Waals surface area (Å²) in [5, 5.41) is 3.68. The molecule has 3 nitrogen and oxygen atoms in total. The summed E-state index contributed by atoms with van der Waals surface area (Å²) in [5.74, 6) is 0.416. The SMILES string of the molecule is CCCC1(CN2C(=O)C3(CCCC3)NC2CC)CC1. The lowest BCUT2D eigenvalue weighted by molar-refractivity contribution is -0.134. The molecule has 1 unspecified atom stereocenters. The standard InChI is InChI=1S/C16H28N2O/c1-3-7-15(10-11-15)12-18-13(4-2)17-16(14(18)19)8-5-6-9-16/h13,17H,3-12H2,1-2H3. The quantitative estimate of drug-likeness (QED) is 0.827. The van der Waals surface area contributed by atoms with E-state index in [1.807, 2.05) is 0 Å². The van der Waals surface area contributed by atoms with Crippen molar-refractivity contribution in [2.45, 2.75) is 83.3 Å². The first-order chi connectivity index (χ1) is 9.15. The van der Waals surface area contributed by atoms with Crippen LogP contribution >= 0.6 is 0 Å². The monoisotopic (exact) mass is 264 g/mol. The van der Waals surface area contributed by atoms with Crippen LogP contribution in [0, 0.1) is 5.41 Å². The van der Waals surface area contributed by atoms with Crippen molar-refractivity contribution < 1.29 is 4.79 Å². The smallest absolute Gasteiger partial charge is 0.244 e. The first-order valence-corrected chi connectivity index (χ1v) is 8.23. The lowest BCUT2D eigenvalue weighted by Crippen LogP contribution is -2.44. The van der Waals surface area contributed by atoms with Crippen molar-refractivity contribution in [1.29, 1.82) is 0 Å². The maximum atomic E-state index is 12.9. The van der Waals surface area contributed by atoms with Gasteiger partial charge in [-0.15, -0.1) is 0 Å². The Balaban J connectivity index is 1.74. The zero-order valence-corrected chi connectivity index (χ0v) is 12.5. The number of carbonyl (C=O) groups is 1. The second-order valence-electron chi connectivity index (χ2n) is 7.04. The van der Waals surface area contributed by atoms with E-state index in [9.17, 15) is 4.79 Å². The molecule has 1 amide bonds. The minimum Gasteiger partial charge on any atom is -0.325 e. The van der Waals surface area contributed by atoms with Gasteiger partial charge in [0.1, 0.15) is 0 Å². The summed E-state index contributed by atoms with van der Waals surface area (Å²) in [4.78, 5) is 15.1. The molecule has 0 aromatic rings. The summed E-state index contributed by atoms with van der Waals surface area (Å²) in [5.41, 5.74) is 0.298. The highest BCUT2D eigenvalue weighted by atomic mass is 16.2. The van der Waals surface area contributed by atoms with Gasteiger partial charge in [0.05, 0.1) is 11.7 Å². The Morgan fingerprint density at radius 1 is 1.21 bits per heavy atom. The molecule has 0 radical (unpaired) electrons. The molecule has 1 aliphatic heterocycles. The Bertz CT molecular complexity index is 356. The Labute approximate surface area is 117 Å². The number of hydrogen-bond donors (Lipinski definition) is 1. The van der Waals surface area contributed by atoms with E-state index in [2.05, 4.69) is 24.1 Å². The fraction of sp³-hybridized carbons (Fsp3) is 0.938. The van der Waals surface area contributed by atoms with Crippen molar-refractivity contribution in [2.75, 3.05) is 6.54 Å². The number of nitrogens with one attached hydrogen (secondary N) is 1. The molecular weight excluding hydrogens is 236 g/mol. The van der Waals surface area contributed by atoms with Crippen LogP contribution in [-0.4, -0.2) is 29.1 Å². The van der Waals surface area contributed by atoms with E-state index in [1.165, 1.54) is 38.5 Å². The van der Waals surface area contributed by atoms with Crippen molar-refractivity contribution in [2.24, 2.45) is 5.41 Å². The van der Waals surface area contributed by atoms with Crippen LogP contribution in [0.25, 0.3) is 0 Å². The molecule has 1 atom stereocenters. The zero-order chi connectivity index (χ0) is 13.5. The van der Waals surface area contributed by atoms with Gasteiger partial charge < -0.3 is 4.90 Å². The van der Waals surface area contributed by atoms with Crippen LogP contribution in [0.15, 0.2) is 0 Å². The molecule has 1 saturated heterocycles. The van der Waals surface area contributed by atoms with Crippen LogP contribution in [0.3, 0.4) is 0 Å². The predicted octanol–water partition coefficient (Wildman–Crippen LogP) is 3.05. The van der Waals surface area contributed by atoms with Gasteiger partial charge in [-0.05, 0) is 43.9 Å². The Kier molecular flexibility index (Phi) is 3.36. The molecule has 3 heteroatoms. The third-order valence-corrected chi connectivity index (χ3v) is 5.58. The summed E-state index contributed by atoms with van der Waals surface area (Å²) < 4.78 is 0. The second-order valence-corrected chi connectivity index (χ2v) is 7.04. The maximum absolute atomic E-state index is 12.9. The van der Waals surface area contributed by atoms with E-state index >= 15 is 0 Å². The van der Waals surface area contributed by atoms with E-state index in [1.54, 1.807) is 0 Å². The molecule has 19 heavy (non-hydrogen) atoms. The fourth-order valence-electron chi connectivity index (χ4n) is 4.27. The van der Waals surface area contributed by atoms with Crippen molar-refractivity contribution in [3.05, 3.63) is 0 Å². The van der Waals surface area contributed by atoms with Gasteiger partial charge in [-0.2, -0.15) is 0 Å². The largest absolute Gasteiger partial charge is 0.325 e. The molecular formula is C16H28N2O. The number of hydrogen-bond acceptors (Lipinski definition) is 2. The number of carbonyl (C=O) groups excluding carboxylic acids is 1. The molecule has 3 fully saturated rings. The van der Waals surface area contributed by atoms with E-state index in [0.29, 0.717) is 17.5 Å². The number of rotatable bonds is 5. The third kappa shape index (κ3) is 2.20. The first-order valence-electron chi connectivity index (χ1n) is 8.23. The summed E-state index contributed by atoms with van der Waals surface area (Å²) >= 11 is 0. The molecule has 0 aromatic carbocycles. The molecule has 3 aliphatic rings. The van der Waals surface area contributed by atoms with Crippen LogP contribution < -0.4 is 5.32 Å². The van der Waals surface area contributed by atoms with Gasteiger partial charge in [0.2, 0.25) is 5.91 Å². The van der Waals surface area contributed by atoms with E-state index in [-0.39, 0.29) is 5.54 Å². The van der Waals surface area contributed by atoms with E-state index in [4.69, 9.17) is 0 Å². The summed E-state index contributed by atoms with van der Waals surface area (Å²) in [6.45, 7) is 5.47. The minimum atomic E-state index is -0.178. The summed E-state index contributed by atoms with van der Waals surface area (Å²) in [6, 6.07) is 0. The number of amides is 1. The summed E-state index contributed by atoms with van der Waals surface area (Å²) in [7, 11) is 0. The predicted molar refractivity (Wildman–Crippen MR) is 76.7 cm³/mol. The van der Waals surface area contributed by atoms with Gasteiger partial charge in [-0.3, -0.25) is 10.1 Å². The van der Waals surface area contributed by atoms with Crippen molar-refractivity contribution >= 4 is 5.91 Å². The normalized spacial score (nSPS) is 31.4. The van der Waals surface area contributed by atoms with Gasteiger partial charge in [0.15, 0.2) is 0 Å². The van der Waals surface area contributed by atoms with Crippen LogP contribution in [0.2, 0.25) is 0 Å². The lowest BCUT2D eigenvalue weighted by atomic mass is 9.96. The topological polar surface area (TPSA) is 32.3 Å². The van der Waals surface area contributed by atoms with Gasteiger partial charge in [-0.25, -0.2) is 0 Å². The van der Waals surface area contributed by atoms with Gasteiger partial charge >= 0.3 is 0 Å². The highest BCUT2D eigenvalue weighted by Gasteiger charge is 2.54. The first kappa shape index (κ1) is 13.4. The molecule has 108 valence electrons. The van der Waals surface area contributed by atoms with Crippen LogP contribution in [-0.2, 0) is 4.79 Å². The average Bonchev–Trinajstić information content (AvgIpc) is 2.91. The average molecular weight is 264 g/mol. The van der Waals surface area contributed by atoms with Gasteiger partial charge in [-0.1, -0.05) is 33.1 Å². The zero-order valence-electron chi connectivity index (χ0n) is 12.5. The van der Waals surface area contributed by atoms with Crippen LogP contribution in [0.4, 0.5) is 0 Å². The molecule has 2 saturated carbocycles. The van der Waals surface area contributed by atoms with E-state index < -0.39 is 0 Å². The van der Waals surface area contributed by atoms with Crippen molar-refractivity contribution in [3.8, 4) is 0 Å². The number of nitrogens with zero attached hydrogens (tertiary/aromatic N) is 1.